The Morgan fingerprint density at radius 3 is 2.68 bits per heavy atom. The van der Waals surface area contributed by atoms with E-state index in [1.165, 1.54) is 6.07 Å². The Balaban J connectivity index is 2.93. The smallest absolute Gasteiger partial charge is 0.250 e. The first-order valence-corrected chi connectivity index (χ1v) is 7.87. The monoisotopic (exact) mass is 303 g/mol. The molecule has 19 heavy (non-hydrogen) atoms. The van der Waals surface area contributed by atoms with E-state index in [1.807, 2.05) is 6.92 Å². The van der Waals surface area contributed by atoms with Gasteiger partial charge in [0.2, 0.25) is 0 Å². The van der Waals surface area contributed by atoms with Gasteiger partial charge in [0.25, 0.3) is 5.91 Å². The molecule has 0 spiro atoms. The van der Waals surface area contributed by atoms with Crippen LogP contribution in [0.4, 0.5) is 11.4 Å². The maximum Gasteiger partial charge on any atom is 0.250 e. The lowest BCUT2D eigenvalue weighted by Crippen LogP contribution is -2.22. The van der Waals surface area contributed by atoms with E-state index < -0.39 is 16.7 Å². The van der Waals surface area contributed by atoms with Gasteiger partial charge in [0.15, 0.2) is 0 Å². The summed E-state index contributed by atoms with van der Waals surface area (Å²) in [7, 11) is -0.852. The Labute approximate surface area is 120 Å². The number of halogens is 1. The van der Waals surface area contributed by atoms with Crippen LogP contribution in [0, 0.1) is 0 Å². The molecule has 0 heterocycles. The highest BCUT2D eigenvalue weighted by molar-refractivity contribution is 7.84. The first kappa shape index (κ1) is 15.8. The van der Waals surface area contributed by atoms with Crippen molar-refractivity contribution in [1.82, 2.24) is 0 Å². The molecule has 0 bridgehead atoms. The molecule has 1 rings (SSSR count). The maximum absolute atomic E-state index is 11.4. The SMILES string of the molecule is CC(CCS(C)=O)Nc1c(Cl)cc(N)cc1C(N)=O. The molecule has 0 aliphatic carbocycles. The molecule has 0 fully saturated rings. The largest absolute Gasteiger partial charge is 0.399 e. The van der Waals surface area contributed by atoms with Gasteiger partial charge in [0.1, 0.15) is 0 Å². The maximum atomic E-state index is 11.4. The van der Waals surface area contributed by atoms with Crippen molar-refractivity contribution in [1.29, 1.82) is 0 Å². The van der Waals surface area contributed by atoms with E-state index in [0.29, 0.717) is 28.6 Å². The molecule has 2 unspecified atom stereocenters. The van der Waals surface area contributed by atoms with Crippen LogP contribution < -0.4 is 16.8 Å². The predicted octanol–water partition coefficient (Wildman–Crippen LogP) is 1.59. The summed E-state index contributed by atoms with van der Waals surface area (Å²) in [6, 6.07) is 3.06. The van der Waals surface area contributed by atoms with Crippen LogP contribution in [0.3, 0.4) is 0 Å². The first-order chi connectivity index (χ1) is 8.81. The van der Waals surface area contributed by atoms with Crippen LogP contribution in [0.15, 0.2) is 12.1 Å². The minimum absolute atomic E-state index is 0.0168. The highest BCUT2D eigenvalue weighted by atomic mass is 35.5. The van der Waals surface area contributed by atoms with Crippen molar-refractivity contribution in [3.63, 3.8) is 0 Å². The lowest BCUT2D eigenvalue weighted by molar-refractivity contribution is 0.100. The number of nitrogens with one attached hydrogen (secondary N) is 1. The predicted molar refractivity (Wildman–Crippen MR) is 81.0 cm³/mol. The van der Waals surface area contributed by atoms with Gasteiger partial charge in [-0.25, -0.2) is 0 Å². The molecule has 1 aromatic rings. The summed E-state index contributed by atoms with van der Waals surface area (Å²) in [6.07, 6.45) is 2.35. The summed E-state index contributed by atoms with van der Waals surface area (Å²) in [5.41, 5.74) is 12.1. The minimum Gasteiger partial charge on any atom is -0.399 e. The zero-order chi connectivity index (χ0) is 14.6. The highest BCUT2D eigenvalue weighted by Gasteiger charge is 2.15. The normalized spacial score (nSPS) is 13.8. The molecule has 0 aliphatic rings. The molecule has 1 amide bonds. The third-order valence-electron chi connectivity index (χ3n) is 2.61. The van der Waals surface area contributed by atoms with E-state index in [-0.39, 0.29) is 11.6 Å². The number of rotatable bonds is 6. The summed E-state index contributed by atoms with van der Waals surface area (Å²) < 4.78 is 11.1. The van der Waals surface area contributed by atoms with Crippen LogP contribution in [-0.2, 0) is 10.8 Å². The summed E-state index contributed by atoms with van der Waals surface area (Å²) in [5.74, 6) is -0.0184. The Kier molecular flexibility index (Phi) is 5.62. The molecule has 5 nitrogen and oxygen atoms in total. The second-order valence-corrected chi connectivity index (χ2v) is 6.36. The number of carbonyl (C=O) groups excluding carboxylic acids is 1. The van der Waals surface area contributed by atoms with Crippen molar-refractivity contribution in [2.24, 2.45) is 5.73 Å². The van der Waals surface area contributed by atoms with Crippen LogP contribution in [0.1, 0.15) is 23.7 Å². The lowest BCUT2D eigenvalue weighted by atomic mass is 10.1. The number of hydrogen-bond donors (Lipinski definition) is 3. The van der Waals surface area contributed by atoms with E-state index in [9.17, 15) is 9.00 Å². The Bertz CT molecular complexity index is 508. The van der Waals surface area contributed by atoms with Gasteiger partial charge >= 0.3 is 0 Å². The molecule has 1 aromatic carbocycles. The van der Waals surface area contributed by atoms with E-state index in [1.54, 1.807) is 12.3 Å². The molecule has 0 aromatic heterocycles. The first-order valence-electron chi connectivity index (χ1n) is 5.76. The lowest BCUT2D eigenvalue weighted by Gasteiger charge is -2.18. The standard InChI is InChI=1S/C12H18ClN3O2S/c1-7(3-4-19(2)18)16-11-9(12(15)17)5-8(14)6-10(11)13/h5-7,16H,3-4,14H2,1-2H3,(H2,15,17). The molecule has 0 saturated heterocycles. The number of anilines is 2. The van der Waals surface area contributed by atoms with Crippen LogP contribution >= 0.6 is 11.6 Å². The average Bonchev–Trinajstić information content (AvgIpc) is 2.29. The summed E-state index contributed by atoms with van der Waals surface area (Å²) in [5, 5.41) is 3.47. The van der Waals surface area contributed by atoms with Crippen LogP contribution in [0.2, 0.25) is 5.02 Å². The second-order valence-electron chi connectivity index (χ2n) is 4.40. The fourth-order valence-corrected chi connectivity index (χ4v) is 2.60. The Morgan fingerprint density at radius 2 is 2.16 bits per heavy atom. The number of benzene rings is 1. The van der Waals surface area contributed by atoms with Gasteiger partial charge < -0.3 is 16.8 Å². The van der Waals surface area contributed by atoms with Crippen LogP contribution in [0.25, 0.3) is 0 Å². The Morgan fingerprint density at radius 1 is 1.53 bits per heavy atom. The van der Waals surface area contributed by atoms with Crippen molar-refractivity contribution in [2.45, 2.75) is 19.4 Å². The quantitative estimate of drug-likeness (QED) is 0.695. The zero-order valence-electron chi connectivity index (χ0n) is 10.9. The second kappa shape index (κ2) is 6.77. The van der Waals surface area contributed by atoms with Crippen LogP contribution in [0.5, 0.6) is 0 Å². The van der Waals surface area contributed by atoms with Crippen molar-refractivity contribution in [3.05, 3.63) is 22.7 Å². The molecule has 0 radical (unpaired) electrons. The molecule has 7 heteroatoms. The van der Waals surface area contributed by atoms with Crippen molar-refractivity contribution in [2.75, 3.05) is 23.1 Å². The number of amides is 1. The molecule has 0 saturated carbocycles. The molecule has 0 aliphatic heterocycles. The number of nitrogen functional groups attached to an aromatic ring is 1. The molecular weight excluding hydrogens is 286 g/mol. The van der Waals surface area contributed by atoms with Crippen molar-refractivity contribution < 1.29 is 9.00 Å². The highest BCUT2D eigenvalue weighted by Crippen LogP contribution is 2.29. The minimum atomic E-state index is -0.852. The molecular formula is C12H18ClN3O2S. The van der Waals surface area contributed by atoms with Gasteiger partial charge in [-0.3, -0.25) is 9.00 Å². The Hall–Kier alpha value is -1.27. The van der Waals surface area contributed by atoms with Gasteiger partial charge in [0, 0.05) is 34.5 Å². The van der Waals surface area contributed by atoms with Gasteiger partial charge in [-0.1, -0.05) is 11.6 Å². The topological polar surface area (TPSA) is 98.2 Å². The summed E-state index contributed by atoms with van der Waals surface area (Å²) in [6.45, 7) is 1.92. The van der Waals surface area contributed by atoms with Crippen molar-refractivity contribution in [3.8, 4) is 0 Å². The summed E-state index contributed by atoms with van der Waals surface area (Å²) >= 11 is 6.08. The number of primary amides is 1. The van der Waals surface area contributed by atoms with E-state index >= 15 is 0 Å². The fourth-order valence-electron chi connectivity index (χ4n) is 1.63. The van der Waals surface area contributed by atoms with E-state index in [2.05, 4.69) is 5.32 Å². The third kappa shape index (κ3) is 4.72. The fraction of sp³-hybridized carbons (Fsp3) is 0.417. The number of hydrogen-bond acceptors (Lipinski definition) is 4. The third-order valence-corrected chi connectivity index (χ3v) is 3.72. The van der Waals surface area contributed by atoms with Gasteiger partial charge in [-0.2, -0.15) is 0 Å². The molecule has 2 atom stereocenters. The van der Waals surface area contributed by atoms with Gasteiger partial charge in [-0.15, -0.1) is 0 Å². The van der Waals surface area contributed by atoms with Gasteiger partial charge in [0.05, 0.1) is 16.3 Å². The summed E-state index contributed by atoms with van der Waals surface area (Å²) in [4.78, 5) is 11.4. The van der Waals surface area contributed by atoms with Crippen LogP contribution in [-0.4, -0.2) is 28.2 Å². The molecule has 5 N–H and O–H groups in total. The van der Waals surface area contributed by atoms with Gasteiger partial charge in [-0.05, 0) is 25.5 Å². The zero-order valence-corrected chi connectivity index (χ0v) is 12.5. The average molecular weight is 304 g/mol. The van der Waals surface area contributed by atoms with E-state index in [0.717, 1.165) is 0 Å². The molecule has 106 valence electrons. The van der Waals surface area contributed by atoms with E-state index in [4.69, 9.17) is 23.1 Å². The number of nitrogens with two attached hydrogens (primary N) is 2. The van der Waals surface area contributed by atoms with Crippen molar-refractivity contribution >= 4 is 39.7 Å². The number of carbonyl (C=O) groups is 1.